The normalized spacial score (nSPS) is 10.9. The van der Waals surface area contributed by atoms with Gasteiger partial charge in [0.15, 0.2) is 5.96 Å². The van der Waals surface area contributed by atoms with Crippen molar-refractivity contribution in [2.75, 3.05) is 19.7 Å². The molecule has 7 heteroatoms. The fourth-order valence-electron chi connectivity index (χ4n) is 2.35. The molecule has 3 N–H and O–H groups in total. The summed E-state index contributed by atoms with van der Waals surface area (Å²) in [5.74, 6) is 1.16. The Morgan fingerprint density at radius 2 is 1.93 bits per heavy atom. The average molecular weight is 487 g/mol. The van der Waals surface area contributed by atoms with Crippen molar-refractivity contribution in [3.8, 4) is 5.75 Å². The molecule has 0 aliphatic rings. The summed E-state index contributed by atoms with van der Waals surface area (Å²) in [4.78, 5) is 4.49. The molecular formula is C20H27FIN3O2. The van der Waals surface area contributed by atoms with Crippen LogP contribution < -0.4 is 15.4 Å². The zero-order valence-electron chi connectivity index (χ0n) is 15.5. The minimum Gasteiger partial charge on any atom is -0.494 e. The molecule has 0 aliphatic heterocycles. The van der Waals surface area contributed by atoms with E-state index in [4.69, 9.17) is 9.84 Å². The van der Waals surface area contributed by atoms with Crippen LogP contribution >= 0.6 is 24.0 Å². The van der Waals surface area contributed by atoms with Gasteiger partial charge in [0.05, 0.1) is 19.8 Å². The first kappa shape index (κ1) is 23.2. The summed E-state index contributed by atoms with van der Waals surface area (Å²) in [5.41, 5.74) is 1.13. The Balaban J connectivity index is 0.00000364. The molecular weight excluding hydrogens is 460 g/mol. The average Bonchev–Trinajstić information content (AvgIpc) is 2.67. The first-order valence-electron chi connectivity index (χ1n) is 8.81. The Kier molecular flexibility index (Phi) is 11.4. The molecule has 2 rings (SSSR count). The summed E-state index contributed by atoms with van der Waals surface area (Å²) < 4.78 is 19.1. The molecule has 0 aromatic heterocycles. The van der Waals surface area contributed by atoms with Gasteiger partial charge in [0.2, 0.25) is 0 Å². The Bertz CT molecular complexity index is 699. The van der Waals surface area contributed by atoms with E-state index in [0.29, 0.717) is 19.1 Å². The number of hydrogen-bond acceptors (Lipinski definition) is 3. The van der Waals surface area contributed by atoms with Crippen LogP contribution in [-0.4, -0.2) is 30.8 Å². The molecule has 0 saturated heterocycles. The SMILES string of the molecule is CCNC(=NCc1ccc(F)c(CO)c1)NCCCOc1ccccc1.I. The maximum absolute atomic E-state index is 13.4. The van der Waals surface area contributed by atoms with Gasteiger partial charge in [-0.1, -0.05) is 24.3 Å². The van der Waals surface area contributed by atoms with E-state index in [-0.39, 0.29) is 36.1 Å². The second-order valence-corrected chi connectivity index (χ2v) is 5.72. The van der Waals surface area contributed by atoms with Crippen molar-refractivity contribution >= 4 is 29.9 Å². The van der Waals surface area contributed by atoms with Crippen molar-refractivity contribution in [1.82, 2.24) is 10.6 Å². The first-order chi connectivity index (χ1) is 12.7. The van der Waals surface area contributed by atoms with E-state index < -0.39 is 5.82 Å². The van der Waals surface area contributed by atoms with Crippen molar-refractivity contribution in [2.24, 2.45) is 4.99 Å². The second-order valence-electron chi connectivity index (χ2n) is 5.72. The lowest BCUT2D eigenvalue weighted by molar-refractivity contribution is 0.275. The van der Waals surface area contributed by atoms with E-state index in [2.05, 4.69) is 15.6 Å². The van der Waals surface area contributed by atoms with Crippen LogP contribution in [0, 0.1) is 5.82 Å². The van der Waals surface area contributed by atoms with Crippen molar-refractivity contribution in [1.29, 1.82) is 0 Å². The van der Waals surface area contributed by atoms with Gasteiger partial charge in [0, 0.05) is 18.7 Å². The number of aliphatic imine (C=N–C) groups is 1. The van der Waals surface area contributed by atoms with Gasteiger partial charge < -0.3 is 20.5 Å². The molecule has 0 radical (unpaired) electrons. The van der Waals surface area contributed by atoms with Crippen molar-refractivity contribution < 1.29 is 14.2 Å². The molecule has 0 fully saturated rings. The summed E-state index contributed by atoms with van der Waals surface area (Å²) in [7, 11) is 0. The quantitative estimate of drug-likeness (QED) is 0.220. The number of benzene rings is 2. The summed E-state index contributed by atoms with van der Waals surface area (Å²) in [6, 6.07) is 14.4. The lowest BCUT2D eigenvalue weighted by Gasteiger charge is -2.12. The molecule has 0 saturated carbocycles. The molecule has 0 amide bonds. The Morgan fingerprint density at radius 3 is 2.63 bits per heavy atom. The molecule has 5 nitrogen and oxygen atoms in total. The maximum atomic E-state index is 13.4. The molecule has 0 heterocycles. The largest absolute Gasteiger partial charge is 0.494 e. The highest BCUT2D eigenvalue weighted by Gasteiger charge is 2.03. The minimum absolute atomic E-state index is 0. The van der Waals surface area contributed by atoms with Crippen molar-refractivity contribution in [2.45, 2.75) is 26.5 Å². The topological polar surface area (TPSA) is 65.9 Å². The van der Waals surface area contributed by atoms with E-state index in [1.54, 1.807) is 12.1 Å². The molecule has 2 aromatic carbocycles. The second kappa shape index (κ2) is 13.3. The van der Waals surface area contributed by atoms with Crippen LogP contribution in [0.1, 0.15) is 24.5 Å². The van der Waals surface area contributed by atoms with Crippen LogP contribution in [0.3, 0.4) is 0 Å². The number of halogens is 2. The van der Waals surface area contributed by atoms with E-state index in [1.165, 1.54) is 6.07 Å². The molecule has 0 atom stereocenters. The summed E-state index contributed by atoms with van der Waals surface area (Å²) >= 11 is 0. The van der Waals surface area contributed by atoms with Crippen molar-refractivity contribution in [3.63, 3.8) is 0 Å². The third-order valence-electron chi connectivity index (χ3n) is 3.67. The number of para-hydroxylation sites is 1. The van der Waals surface area contributed by atoms with Crippen LogP contribution in [-0.2, 0) is 13.2 Å². The number of ether oxygens (including phenoxy) is 1. The number of guanidine groups is 1. The molecule has 148 valence electrons. The van der Waals surface area contributed by atoms with Crippen LogP contribution in [0.25, 0.3) is 0 Å². The third-order valence-corrected chi connectivity index (χ3v) is 3.67. The number of nitrogens with zero attached hydrogens (tertiary/aromatic N) is 1. The van der Waals surface area contributed by atoms with Gasteiger partial charge in [0.1, 0.15) is 11.6 Å². The Labute approximate surface area is 177 Å². The predicted octanol–water partition coefficient (Wildman–Crippen LogP) is 3.46. The number of nitrogens with one attached hydrogen (secondary N) is 2. The van der Waals surface area contributed by atoms with Crippen LogP contribution in [0.5, 0.6) is 5.75 Å². The van der Waals surface area contributed by atoms with E-state index in [9.17, 15) is 4.39 Å². The Hall–Kier alpha value is -1.87. The standard InChI is InChI=1S/C20H26FN3O2.HI/c1-2-22-20(23-11-6-12-26-18-7-4-3-5-8-18)24-14-16-9-10-19(21)17(13-16)15-25;/h3-5,7-10,13,25H,2,6,11-12,14-15H2,1H3,(H2,22,23,24);1H. The molecule has 2 aromatic rings. The van der Waals surface area contributed by atoms with Crippen LogP contribution in [0.4, 0.5) is 4.39 Å². The highest BCUT2D eigenvalue weighted by molar-refractivity contribution is 14.0. The van der Waals surface area contributed by atoms with Gasteiger partial charge in [0.25, 0.3) is 0 Å². The number of aliphatic hydroxyl groups excluding tert-OH is 1. The van der Waals surface area contributed by atoms with Crippen LogP contribution in [0.15, 0.2) is 53.5 Å². The lowest BCUT2D eigenvalue weighted by Crippen LogP contribution is -2.38. The summed E-state index contributed by atoms with van der Waals surface area (Å²) in [6.07, 6.45) is 0.838. The fourth-order valence-corrected chi connectivity index (χ4v) is 2.35. The number of hydrogen-bond donors (Lipinski definition) is 3. The smallest absolute Gasteiger partial charge is 0.191 e. The van der Waals surface area contributed by atoms with Crippen LogP contribution in [0.2, 0.25) is 0 Å². The molecule has 27 heavy (non-hydrogen) atoms. The maximum Gasteiger partial charge on any atom is 0.191 e. The van der Waals surface area contributed by atoms with Gasteiger partial charge in [-0.15, -0.1) is 24.0 Å². The molecule has 0 bridgehead atoms. The fraction of sp³-hybridized carbons (Fsp3) is 0.350. The number of aliphatic hydroxyl groups is 1. The van der Waals surface area contributed by atoms with Gasteiger partial charge in [-0.3, -0.25) is 0 Å². The molecule has 0 spiro atoms. The van der Waals surface area contributed by atoms with E-state index >= 15 is 0 Å². The molecule has 0 aliphatic carbocycles. The van der Waals surface area contributed by atoms with Crippen molar-refractivity contribution in [3.05, 3.63) is 65.5 Å². The summed E-state index contributed by atoms with van der Waals surface area (Å²) in [6.45, 7) is 4.18. The minimum atomic E-state index is -0.399. The lowest BCUT2D eigenvalue weighted by atomic mass is 10.1. The van der Waals surface area contributed by atoms with Gasteiger partial charge in [-0.05, 0) is 43.2 Å². The Morgan fingerprint density at radius 1 is 1.15 bits per heavy atom. The zero-order valence-corrected chi connectivity index (χ0v) is 17.8. The molecule has 0 unspecified atom stereocenters. The monoisotopic (exact) mass is 487 g/mol. The highest BCUT2D eigenvalue weighted by Crippen LogP contribution is 2.11. The van der Waals surface area contributed by atoms with Gasteiger partial charge in [-0.2, -0.15) is 0 Å². The zero-order chi connectivity index (χ0) is 18.6. The van der Waals surface area contributed by atoms with E-state index in [1.807, 2.05) is 37.3 Å². The summed E-state index contributed by atoms with van der Waals surface area (Å²) in [5, 5.41) is 15.6. The van der Waals surface area contributed by atoms with Gasteiger partial charge >= 0.3 is 0 Å². The number of rotatable bonds is 9. The highest BCUT2D eigenvalue weighted by atomic mass is 127. The van der Waals surface area contributed by atoms with E-state index in [0.717, 1.165) is 30.8 Å². The third kappa shape index (κ3) is 8.57. The predicted molar refractivity (Wildman–Crippen MR) is 117 cm³/mol. The van der Waals surface area contributed by atoms with Gasteiger partial charge in [-0.25, -0.2) is 9.38 Å². The first-order valence-corrected chi connectivity index (χ1v) is 8.81.